The van der Waals surface area contributed by atoms with Gasteiger partial charge in [-0.05, 0) is 43.0 Å². The topological polar surface area (TPSA) is 123 Å². The van der Waals surface area contributed by atoms with Crippen LogP contribution in [-0.4, -0.2) is 56.8 Å². The molecule has 0 spiro atoms. The fraction of sp³-hybridized carbons (Fsp3) is 0.360. The van der Waals surface area contributed by atoms with E-state index >= 15 is 0 Å². The van der Waals surface area contributed by atoms with Crippen molar-refractivity contribution < 1.29 is 45.6 Å². The first kappa shape index (κ1) is 29.6. The molecule has 1 amide bonds. The van der Waals surface area contributed by atoms with Gasteiger partial charge in [-0.2, -0.15) is 18.2 Å². The summed E-state index contributed by atoms with van der Waals surface area (Å²) in [5.41, 5.74) is 6.78. The van der Waals surface area contributed by atoms with Crippen LogP contribution in [0.1, 0.15) is 30.7 Å². The minimum atomic E-state index is -5.08. The van der Waals surface area contributed by atoms with Gasteiger partial charge in [0.1, 0.15) is 17.5 Å². The molecule has 210 valence electrons. The number of nitrogens with two attached hydrogens (primary N) is 1. The number of hydrogen-bond donors (Lipinski definition) is 2. The third-order valence-electron chi connectivity index (χ3n) is 5.82. The summed E-state index contributed by atoms with van der Waals surface area (Å²) in [5, 5.41) is 10.9. The number of benzene rings is 2. The second-order valence-corrected chi connectivity index (χ2v) is 8.82. The first-order valence-electron chi connectivity index (χ1n) is 11.7. The molecule has 39 heavy (non-hydrogen) atoms. The first-order valence-corrected chi connectivity index (χ1v) is 11.7. The number of carbonyl (C=O) groups excluding carboxylic acids is 1. The summed E-state index contributed by atoms with van der Waals surface area (Å²) in [6.45, 7) is 0.589. The highest BCUT2D eigenvalue weighted by Crippen LogP contribution is 2.24. The Hall–Kier alpha value is -3.94. The van der Waals surface area contributed by atoms with Gasteiger partial charge in [-0.15, -0.1) is 0 Å². The third-order valence-corrected chi connectivity index (χ3v) is 5.82. The van der Waals surface area contributed by atoms with E-state index in [2.05, 4.69) is 10.1 Å². The van der Waals surface area contributed by atoms with E-state index in [9.17, 15) is 31.1 Å². The fourth-order valence-corrected chi connectivity index (χ4v) is 4.08. The van der Waals surface area contributed by atoms with Crippen LogP contribution >= 0.6 is 0 Å². The second kappa shape index (κ2) is 12.7. The summed E-state index contributed by atoms with van der Waals surface area (Å²) >= 11 is 0. The van der Waals surface area contributed by atoms with E-state index in [0.717, 1.165) is 31.0 Å². The van der Waals surface area contributed by atoms with E-state index < -0.39 is 29.8 Å². The van der Waals surface area contributed by atoms with Gasteiger partial charge >= 0.3 is 12.1 Å². The van der Waals surface area contributed by atoms with Crippen LogP contribution in [0.5, 0.6) is 0 Å². The molecule has 0 saturated carbocycles. The lowest BCUT2D eigenvalue weighted by Crippen LogP contribution is -2.40. The van der Waals surface area contributed by atoms with E-state index in [4.69, 9.17) is 20.2 Å². The van der Waals surface area contributed by atoms with E-state index in [-0.39, 0.29) is 47.9 Å². The number of rotatable bonds is 7. The molecule has 3 N–H and O–H groups in total. The summed E-state index contributed by atoms with van der Waals surface area (Å²) in [5.74, 6) is -4.29. The smallest absolute Gasteiger partial charge is 0.475 e. The molecule has 2 aromatic carbocycles. The predicted octanol–water partition coefficient (Wildman–Crippen LogP) is 4.28. The lowest BCUT2D eigenvalue weighted by molar-refractivity contribution is -0.192. The summed E-state index contributed by atoms with van der Waals surface area (Å²) in [4.78, 5) is 27.7. The average Bonchev–Trinajstić information content (AvgIpc) is 3.50. The van der Waals surface area contributed by atoms with Crippen molar-refractivity contribution in [3.63, 3.8) is 0 Å². The van der Waals surface area contributed by atoms with Crippen molar-refractivity contribution >= 4 is 11.9 Å². The normalized spacial score (nSPS) is 16.0. The summed E-state index contributed by atoms with van der Waals surface area (Å²) in [7, 11) is 0. The molecule has 1 aromatic heterocycles. The SMILES string of the molecule is NC(CC(=O)N1CCC[C@H]1Cc1nc(-c2cc(F)cc(F)c2)no1)Cc1ccccc1F.O=C(O)C(F)(F)F. The number of carboxylic acid groups (broad SMARTS) is 1. The highest BCUT2D eigenvalue weighted by Gasteiger charge is 2.38. The van der Waals surface area contributed by atoms with Gasteiger partial charge in [0.15, 0.2) is 0 Å². The van der Waals surface area contributed by atoms with Crippen LogP contribution in [-0.2, 0) is 22.4 Å². The Morgan fingerprint density at radius 2 is 1.77 bits per heavy atom. The van der Waals surface area contributed by atoms with Crippen molar-refractivity contribution in [1.82, 2.24) is 15.0 Å². The molecule has 1 unspecified atom stereocenters. The lowest BCUT2D eigenvalue weighted by atomic mass is 10.0. The van der Waals surface area contributed by atoms with Gasteiger partial charge in [0.25, 0.3) is 0 Å². The standard InChI is InChI=1S/C23H23F3N4O2.C2HF3O2/c24-16-8-15(9-17(25)11-16)23-28-21(32-29-23)13-19-5-3-7-30(19)22(31)12-18(27)10-14-4-1-2-6-20(14)26;3-2(4,5)1(6)7/h1-2,4,6,8-9,11,18-19H,3,5,7,10,12-13,27H2;(H,6,7)/t18?,19-;/m0./s1. The van der Waals surface area contributed by atoms with Crippen molar-refractivity contribution in [1.29, 1.82) is 0 Å². The number of aliphatic carboxylic acids is 1. The molecule has 3 aromatic rings. The molecule has 14 heteroatoms. The van der Waals surface area contributed by atoms with Crippen LogP contribution in [0.2, 0.25) is 0 Å². The summed E-state index contributed by atoms with van der Waals surface area (Å²) in [6, 6.07) is 8.76. The fourth-order valence-electron chi connectivity index (χ4n) is 4.08. The van der Waals surface area contributed by atoms with E-state index in [1.165, 1.54) is 6.07 Å². The van der Waals surface area contributed by atoms with Crippen LogP contribution in [0.4, 0.5) is 26.3 Å². The molecule has 0 radical (unpaired) electrons. The van der Waals surface area contributed by atoms with Crippen LogP contribution < -0.4 is 5.73 Å². The van der Waals surface area contributed by atoms with Gasteiger partial charge in [0.2, 0.25) is 17.6 Å². The number of hydrogen-bond acceptors (Lipinski definition) is 6. The largest absolute Gasteiger partial charge is 0.490 e. The van der Waals surface area contributed by atoms with Crippen LogP contribution in [0.15, 0.2) is 47.0 Å². The summed E-state index contributed by atoms with van der Waals surface area (Å²) < 4.78 is 77.7. The van der Waals surface area contributed by atoms with Gasteiger partial charge in [-0.3, -0.25) is 4.79 Å². The van der Waals surface area contributed by atoms with Gasteiger partial charge in [0, 0.05) is 43.1 Å². The van der Waals surface area contributed by atoms with Crippen molar-refractivity contribution in [2.75, 3.05) is 6.54 Å². The number of carboxylic acids is 1. The molecule has 1 aliphatic rings. The quantitative estimate of drug-likeness (QED) is 0.415. The van der Waals surface area contributed by atoms with Crippen LogP contribution in [0.3, 0.4) is 0 Å². The van der Waals surface area contributed by atoms with Crippen molar-refractivity contribution in [3.05, 3.63) is 71.4 Å². The van der Waals surface area contributed by atoms with Gasteiger partial charge < -0.3 is 20.3 Å². The van der Waals surface area contributed by atoms with Crippen molar-refractivity contribution in [2.24, 2.45) is 5.73 Å². The molecule has 8 nitrogen and oxygen atoms in total. The second-order valence-electron chi connectivity index (χ2n) is 8.82. The Labute approximate surface area is 218 Å². The monoisotopic (exact) mass is 558 g/mol. The highest BCUT2D eigenvalue weighted by atomic mass is 19.4. The number of carbonyl (C=O) groups is 2. The number of likely N-dealkylation sites (tertiary alicyclic amines) is 1. The lowest BCUT2D eigenvalue weighted by Gasteiger charge is -2.25. The first-order chi connectivity index (χ1) is 18.3. The minimum Gasteiger partial charge on any atom is -0.475 e. The Morgan fingerprint density at radius 3 is 2.38 bits per heavy atom. The van der Waals surface area contributed by atoms with E-state index in [1.54, 1.807) is 23.1 Å². The molecular weight excluding hydrogens is 534 g/mol. The van der Waals surface area contributed by atoms with Gasteiger partial charge in [-0.25, -0.2) is 18.0 Å². The van der Waals surface area contributed by atoms with Crippen molar-refractivity contribution in [2.45, 2.75) is 50.4 Å². The zero-order chi connectivity index (χ0) is 28.7. The maximum absolute atomic E-state index is 13.8. The number of halogens is 6. The van der Waals surface area contributed by atoms with Crippen LogP contribution in [0, 0.1) is 17.5 Å². The Kier molecular flexibility index (Phi) is 9.67. The Bertz CT molecular complexity index is 1280. The van der Waals surface area contributed by atoms with Gasteiger partial charge in [0.05, 0.1) is 0 Å². The molecule has 2 atom stereocenters. The van der Waals surface area contributed by atoms with E-state index in [1.807, 2.05) is 0 Å². The number of amides is 1. The van der Waals surface area contributed by atoms with Crippen molar-refractivity contribution in [3.8, 4) is 11.4 Å². The molecule has 1 aliphatic heterocycles. The average molecular weight is 558 g/mol. The highest BCUT2D eigenvalue weighted by molar-refractivity contribution is 5.77. The zero-order valence-corrected chi connectivity index (χ0v) is 20.3. The van der Waals surface area contributed by atoms with E-state index in [0.29, 0.717) is 18.5 Å². The van der Waals surface area contributed by atoms with Gasteiger partial charge in [-0.1, -0.05) is 23.4 Å². The number of alkyl halides is 3. The Morgan fingerprint density at radius 1 is 1.13 bits per heavy atom. The zero-order valence-electron chi connectivity index (χ0n) is 20.3. The maximum Gasteiger partial charge on any atom is 0.490 e. The molecule has 4 rings (SSSR count). The minimum absolute atomic E-state index is 0.0844. The predicted molar refractivity (Wildman–Crippen MR) is 124 cm³/mol. The summed E-state index contributed by atoms with van der Waals surface area (Å²) in [6.07, 6.45) is -2.79. The molecule has 1 fully saturated rings. The molecule has 0 aliphatic carbocycles. The number of aromatic nitrogens is 2. The third kappa shape index (κ3) is 8.53. The molecule has 1 saturated heterocycles. The maximum atomic E-state index is 13.8. The molecule has 2 heterocycles. The number of nitrogens with zero attached hydrogens (tertiary/aromatic N) is 3. The molecule has 0 bridgehead atoms. The Balaban J connectivity index is 0.000000532. The van der Waals surface area contributed by atoms with Crippen LogP contribution in [0.25, 0.3) is 11.4 Å². The molecular formula is C25H24F6N4O4.